The van der Waals surface area contributed by atoms with Crippen LogP contribution in [-0.2, 0) is 16.4 Å². The molecule has 0 saturated carbocycles. The van der Waals surface area contributed by atoms with Crippen molar-refractivity contribution >= 4 is 21.4 Å². The van der Waals surface area contributed by atoms with E-state index in [0.29, 0.717) is 28.5 Å². The van der Waals surface area contributed by atoms with Crippen LogP contribution < -0.4 is 0 Å². The minimum absolute atomic E-state index is 0.240. The van der Waals surface area contributed by atoms with E-state index in [1.807, 2.05) is 19.1 Å². The zero-order chi connectivity index (χ0) is 18.9. The number of nitrogens with zero attached hydrogens (tertiary/aromatic N) is 3. The van der Waals surface area contributed by atoms with Gasteiger partial charge in [0.2, 0.25) is 0 Å². The van der Waals surface area contributed by atoms with Gasteiger partial charge in [-0.25, -0.2) is 8.42 Å². The summed E-state index contributed by atoms with van der Waals surface area (Å²) in [5.74, 6) is 0. The summed E-state index contributed by atoms with van der Waals surface area (Å²) in [5, 5.41) is 14.8. The minimum Gasteiger partial charge on any atom is -0.254 e. The van der Waals surface area contributed by atoms with E-state index >= 15 is 0 Å². The number of halogens is 1. The van der Waals surface area contributed by atoms with Gasteiger partial charge in [-0.2, -0.15) is 10.4 Å². The molecule has 7 heteroatoms. The van der Waals surface area contributed by atoms with Gasteiger partial charge in [-0.15, -0.1) is 0 Å². The van der Waals surface area contributed by atoms with Crippen molar-refractivity contribution in [1.82, 2.24) is 9.78 Å². The van der Waals surface area contributed by atoms with Crippen LogP contribution in [0.1, 0.15) is 12.6 Å². The van der Waals surface area contributed by atoms with Gasteiger partial charge in [0.25, 0.3) is 0 Å². The topological polar surface area (TPSA) is 75.8 Å². The summed E-state index contributed by atoms with van der Waals surface area (Å²) in [6.07, 6.45) is 1.17. The summed E-state index contributed by atoms with van der Waals surface area (Å²) in [6.45, 7) is 2.46. The minimum atomic E-state index is -3.27. The number of aromatic nitrogens is 2. The van der Waals surface area contributed by atoms with Gasteiger partial charge in [0.05, 0.1) is 4.90 Å². The van der Waals surface area contributed by atoms with Crippen LogP contribution in [0.3, 0.4) is 0 Å². The van der Waals surface area contributed by atoms with E-state index in [-0.39, 0.29) is 4.90 Å². The number of aryl methyl sites for hydroxylation is 1. The van der Waals surface area contributed by atoms with Crippen LogP contribution in [-0.4, -0.2) is 24.5 Å². The largest absolute Gasteiger partial charge is 0.254 e. The van der Waals surface area contributed by atoms with Crippen molar-refractivity contribution in [3.05, 3.63) is 59.2 Å². The Morgan fingerprint density at radius 2 is 1.65 bits per heavy atom. The van der Waals surface area contributed by atoms with Crippen LogP contribution in [0.5, 0.6) is 0 Å². The zero-order valence-electron chi connectivity index (χ0n) is 14.3. The first-order chi connectivity index (χ1) is 12.3. The Balaban J connectivity index is 2.23. The molecule has 3 aromatic rings. The lowest BCUT2D eigenvalue weighted by Gasteiger charge is -2.05. The van der Waals surface area contributed by atoms with Crippen molar-refractivity contribution in [3.8, 4) is 28.5 Å². The maximum atomic E-state index is 11.7. The molecule has 0 N–H and O–H groups in total. The Hall–Kier alpha value is -2.62. The number of hydrogen-bond donors (Lipinski definition) is 0. The SMILES string of the molecule is CCn1nc(-c2ccc(S(C)(=O)=O)cc2)c(-c2ccc(Cl)cc2)c1C#N. The second-order valence-corrected chi connectivity index (χ2v) is 8.26. The van der Waals surface area contributed by atoms with Gasteiger partial charge in [0.1, 0.15) is 17.5 Å². The fourth-order valence-electron chi connectivity index (χ4n) is 2.76. The summed E-state index contributed by atoms with van der Waals surface area (Å²) in [7, 11) is -3.27. The molecule has 0 aliphatic heterocycles. The number of nitriles is 1. The van der Waals surface area contributed by atoms with Gasteiger partial charge in [-0.05, 0) is 36.8 Å². The lowest BCUT2D eigenvalue weighted by atomic mass is 9.99. The van der Waals surface area contributed by atoms with Crippen molar-refractivity contribution in [2.24, 2.45) is 0 Å². The van der Waals surface area contributed by atoms with Crippen molar-refractivity contribution in [2.75, 3.05) is 6.26 Å². The molecule has 26 heavy (non-hydrogen) atoms. The second-order valence-electron chi connectivity index (χ2n) is 5.80. The quantitative estimate of drug-likeness (QED) is 0.675. The first-order valence-corrected chi connectivity index (χ1v) is 10.2. The molecule has 0 amide bonds. The van der Waals surface area contributed by atoms with Crippen LogP contribution >= 0.6 is 11.6 Å². The predicted molar refractivity (Wildman–Crippen MR) is 102 cm³/mol. The van der Waals surface area contributed by atoms with Crippen molar-refractivity contribution in [2.45, 2.75) is 18.4 Å². The Kier molecular flexibility index (Phi) is 4.86. The van der Waals surface area contributed by atoms with Crippen molar-refractivity contribution < 1.29 is 8.42 Å². The van der Waals surface area contributed by atoms with Crippen molar-refractivity contribution in [1.29, 1.82) is 5.26 Å². The molecule has 132 valence electrons. The van der Waals surface area contributed by atoms with Gasteiger partial charge in [0.15, 0.2) is 9.84 Å². The van der Waals surface area contributed by atoms with E-state index in [1.165, 1.54) is 6.26 Å². The first kappa shape index (κ1) is 18.2. The standard InChI is InChI=1S/C19H16ClN3O2S/c1-3-23-17(12-21)18(13-4-8-15(20)9-5-13)19(22-23)14-6-10-16(11-7-14)26(2,24)25/h4-11H,3H2,1-2H3. The third-order valence-corrected chi connectivity index (χ3v) is 5.43. The summed E-state index contributed by atoms with van der Waals surface area (Å²) in [4.78, 5) is 0.240. The Labute approximate surface area is 157 Å². The third kappa shape index (κ3) is 3.36. The maximum absolute atomic E-state index is 11.7. The van der Waals surface area contributed by atoms with E-state index in [4.69, 9.17) is 11.6 Å². The first-order valence-electron chi connectivity index (χ1n) is 7.92. The normalized spacial score (nSPS) is 11.3. The van der Waals surface area contributed by atoms with Crippen LogP contribution in [0.2, 0.25) is 5.02 Å². The zero-order valence-corrected chi connectivity index (χ0v) is 15.8. The molecule has 0 radical (unpaired) electrons. The van der Waals surface area contributed by atoms with Gasteiger partial charge in [0, 0.05) is 29.0 Å². The van der Waals surface area contributed by atoms with E-state index < -0.39 is 9.84 Å². The summed E-state index contributed by atoms with van der Waals surface area (Å²) < 4.78 is 25.0. The van der Waals surface area contributed by atoms with Gasteiger partial charge in [-0.3, -0.25) is 4.68 Å². The molecular formula is C19H16ClN3O2S. The number of benzene rings is 2. The van der Waals surface area contributed by atoms with Crippen LogP contribution in [0.25, 0.3) is 22.4 Å². The van der Waals surface area contributed by atoms with Crippen LogP contribution in [0.4, 0.5) is 0 Å². The van der Waals surface area contributed by atoms with E-state index in [1.54, 1.807) is 41.1 Å². The molecule has 0 spiro atoms. The highest BCUT2D eigenvalue weighted by Gasteiger charge is 2.20. The highest BCUT2D eigenvalue weighted by molar-refractivity contribution is 7.90. The average Bonchev–Trinajstić information content (AvgIpc) is 3.00. The fraction of sp³-hybridized carbons (Fsp3) is 0.158. The number of hydrogen-bond acceptors (Lipinski definition) is 4. The summed E-state index contributed by atoms with van der Waals surface area (Å²) in [6, 6.07) is 15.9. The molecule has 0 atom stereocenters. The highest BCUT2D eigenvalue weighted by Crippen LogP contribution is 2.35. The van der Waals surface area contributed by atoms with Crippen LogP contribution in [0, 0.1) is 11.3 Å². The molecular weight excluding hydrogens is 370 g/mol. The molecule has 0 fully saturated rings. The van der Waals surface area contributed by atoms with Gasteiger partial charge < -0.3 is 0 Å². The highest BCUT2D eigenvalue weighted by atomic mass is 35.5. The molecule has 0 unspecified atom stereocenters. The number of sulfone groups is 1. The molecule has 3 rings (SSSR count). The molecule has 2 aromatic carbocycles. The molecule has 0 bridgehead atoms. The molecule has 0 aliphatic rings. The summed E-state index contributed by atoms with van der Waals surface area (Å²) in [5.41, 5.74) is 3.36. The predicted octanol–water partition coefficient (Wildman–Crippen LogP) is 4.17. The lowest BCUT2D eigenvalue weighted by molar-refractivity contribution is 0.602. The average molecular weight is 386 g/mol. The molecule has 5 nitrogen and oxygen atoms in total. The number of rotatable bonds is 4. The van der Waals surface area contributed by atoms with E-state index in [2.05, 4.69) is 11.2 Å². The Bertz CT molecular complexity index is 1090. The van der Waals surface area contributed by atoms with Gasteiger partial charge in [-0.1, -0.05) is 35.9 Å². The van der Waals surface area contributed by atoms with Crippen LogP contribution in [0.15, 0.2) is 53.4 Å². The fourth-order valence-corrected chi connectivity index (χ4v) is 3.51. The van der Waals surface area contributed by atoms with E-state index in [0.717, 1.165) is 11.1 Å². The molecule has 1 heterocycles. The monoisotopic (exact) mass is 385 g/mol. The maximum Gasteiger partial charge on any atom is 0.175 e. The van der Waals surface area contributed by atoms with Gasteiger partial charge >= 0.3 is 0 Å². The summed E-state index contributed by atoms with van der Waals surface area (Å²) >= 11 is 5.98. The molecule has 0 aliphatic carbocycles. The smallest absolute Gasteiger partial charge is 0.175 e. The second kappa shape index (κ2) is 6.94. The van der Waals surface area contributed by atoms with Crippen molar-refractivity contribution in [3.63, 3.8) is 0 Å². The van der Waals surface area contributed by atoms with E-state index in [9.17, 15) is 13.7 Å². The lowest BCUT2D eigenvalue weighted by Crippen LogP contribution is -1.99. The Morgan fingerprint density at radius 3 is 2.15 bits per heavy atom. The Morgan fingerprint density at radius 1 is 1.08 bits per heavy atom. The molecule has 1 aromatic heterocycles. The third-order valence-electron chi connectivity index (χ3n) is 4.05. The molecule has 0 saturated heterocycles.